The van der Waals surface area contributed by atoms with Gasteiger partial charge in [-0.3, -0.25) is 14.7 Å². The highest BCUT2D eigenvalue weighted by Gasteiger charge is 2.29. The van der Waals surface area contributed by atoms with Crippen LogP contribution in [0.25, 0.3) is 0 Å². The average Bonchev–Trinajstić information content (AvgIpc) is 3.34. The Hall–Kier alpha value is -2.28. The first-order valence-corrected chi connectivity index (χ1v) is 12.3. The van der Waals surface area contributed by atoms with E-state index < -0.39 is 0 Å². The fourth-order valence-electron chi connectivity index (χ4n) is 4.69. The highest BCUT2D eigenvalue weighted by Crippen LogP contribution is 2.27. The highest BCUT2D eigenvalue weighted by atomic mass is 16.5. The number of piperazine rings is 1. The molecule has 2 fully saturated rings. The summed E-state index contributed by atoms with van der Waals surface area (Å²) in [5.74, 6) is 2.47. The van der Waals surface area contributed by atoms with Gasteiger partial charge in [0.2, 0.25) is 5.91 Å². The molecule has 0 atom stereocenters. The molecule has 1 aliphatic heterocycles. The molecule has 2 aliphatic rings. The lowest BCUT2D eigenvalue weighted by molar-refractivity contribution is -0.137. The summed E-state index contributed by atoms with van der Waals surface area (Å²) in [6, 6.07) is 6.29. The van der Waals surface area contributed by atoms with Crippen LogP contribution < -0.4 is 15.4 Å². The van der Waals surface area contributed by atoms with E-state index in [0.717, 1.165) is 83.3 Å². The van der Waals surface area contributed by atoms with Crippen molar-refractivity contribution in [2.24, 2.45) is 10.9 Å². The first kappa shape index (κ1) is 24.4. The van der Waals surface area contributed by atoms with Crippen LogP contribution in [0.5, 0.6) is 5.75 Å². The number of benzene rings is 1. The largest absolute Gasteiger partial charge is 0.496 e. The number of nitrogens with zero attached hydrogens (tertiary/aromatic N) is 3. The molecule has 0 radical (unpaired) electrons. The van der Waals surface area contributed by atoms with Gasteiger partial charge in [0.25, 0.3) is 0 Å². The number of carbonyl (C=O) groups is 1. The summed E-state index contributed by atoms with van der Waals surface area (Å²) in [5, 5.41) is 6.78. The molecule has 7 heteroatoms. The molecular formula is C25H41N5O2. The maximum absolute atomic E-state index is 12.6. The van der Waals surface area contributed by atoms with Crippen LogP contribution >= 0.6 is 0 Å². The number of nitrogens with one attached hydrogen (secondary N) is 2. The lowest BCUT2D eigenvalue weighted by Crippen LogP contribution is -2.50. The number of methoxy groups -OCH3 is 1. The maximum atomic E-state index is 12.6. The summed E-state index contributed by atoms with van der Waals surface area (Å²) >= 11 is 0. The minimum atomic E-state index is 0.291. The Morgan fingerprint density at radius 2 is 1.91 bits per heavy atom. The third kappa shape index (κ3) is 7.12. The average molecular weight is 444 g/mol. The van der Waals surface area contributed by atoms with E-state index in [1.807, 2.05) is 6.07 Å². The standard InChI is InChI=1S/C25H41N5O2/c1-4-26-25(27-12-11-22-19-20(2)9-10-23(22)32-3)28-13-14-29-15-17-30(18-16-29)24(31)21-7-5-6-8-21/h9-10,19,21H,4-8,11-18H2,1-3H3,(H2,26,27,28). The molecular weight excluding hydrogens is 402 g/mol. The van der Waals surface area contributed by atoms with Crippen LogP contribution in [0.4, 0.5) is 0 Å². The molecule has 1 amide bonds. The van der Waals surface area contributed by atoms with E-state index in [1.54, 1.807) is 7.11 Å². The molecule has 1 aromatic carbocycles. The van der Waals surface area contributed by atoms with Gasteiger partial charge in [-0.1, -0.05) is 30.5 Å². The quantitative estimate of drug-likeness (QED) is 0.453. The van der Waals surface area contributed by atoms with Gasteiger partial charge in [0.1, 0.15) is 5.75 Å². The van der Waals surface area contributed by atoms with Crippen LogP contribution in [0, 0.1) is 12.8 Å². The summed E-state index contributed by atoms with van der Waals surface area (Å²) in [5.41, 5.74) is 2.45. The SMILES string of the molecule is CCNC(=NCCN1CCN(C(=O)C2CCCC2)CC1)NCCc1cc(C)ccc1OC. The molecule has 0 aromatic heterocycles. The number of rotatable bonds is 9. The Labute approximate surface area is 193 Å². The Bertz CT molecular complexity index is 753. The number of aryl methyl sites for hydroxylation is 1. The molecule has 0 spiro atoms. The highest BCUT2D eigenvalue weighted by molar-refractivity contribution is 5.80. The third-order valence-electron chi connectivity index (χ3n) is 6.54. The van der Waals surface area contributed by atoms with Crippen LogP contribution in [0.15, 0.2) is 23.2 Å². The minimum Gasteiger partial charge on any atom is -0.496 e. The number of amides is 1. The van der Waals surface area contributed by atoms with Gasteiger partial charge < -0.3 is 20.3 Å². The van der Waals surface area contributed by atoms with E-state index in [2.05, 4.69) is 46.4 Å². The van der Waals surface area contributed by atoms with Crippen LogP contribution in [-0.4, -0.2) is 81.1 Å². The van der Waals surface area contributed by atoms with Gasteiger partial charge in [-0.05, 0) is 44.7 Å². The third-order valence-corrected chi connectivity index (χ3v) is 6.54. The second-order valence-corrected chi connectivity index (χ2v) is 8.90. The summed E-state index contributed by atoms with van der Waals surface area (Å²) in [4.78, 5) is 21.9. The molecule has 178 valence electrons. The summed E-state index contributed by atoms with van der Waals surface area (Å²) in [6.07, 6.45) is 5.49. The van der Waals surface area contributed by atoms with Crippen molar-refractivity contribution >= 4 is 11.9 Å². The molecule has 2 N–H and O–H groups in total. The molecule has 1 saturated carbocycles. The van der Waals surface area contributed by atoms with Crippen molar-refractivity contribution in [1.82, 2.24) is 20.4 Å². The monoisotopic (exact) mass is 443 g/mol. The normalized spacial score (nSPS) is 18.1. The number of carbonyl (C=O) groups excluding carboxylic acids is 1. The summed E-state index contributed by atoms with van der Waals surface area (Å²) in [7, 11) is 1.72. The van der Waals surface area contributed by atoms with Crippen molar-refractivity contribution in [3.63, 3.8) is 0 Å². The number of aliphatic imine (C=N–C) groups is 1. The van der Waals surface area contributed by atoms with Crippen molar-refractivity contribution in [3.05, 3.63) is 29.3 Å². The van der Waals surface area contributed by atoms with E-state index >= 15 is 0 Å². The molecule has 1 aliphatic carbocycles. The van der Waals surface area contributed by atoms with Crippen LogP contribution in [0.3, 0.4) is 0 Å². The van der Waals surface area contributed by atoms with Gasteiger partial charge in [-0.25, -0.2) is 0 Å². The van der Waals surface area contributed by atoms with Crippen LogP contribution in [0.2, 0.25) is 0 Å². The van der Waals surface area contributed by atoms with Crippen molar-refractivity contribution in [1.29, 1.82) is 0 Å². The zero-order valence-electron chi connectivity index (χ0n) is 20.2. The van der Waals surface area contributed by atoms with Crippen LogP contribution in [0.1, 0.15) is 43.7 Å². The molecule has 3 rings (SSSR count). The lowest BCUT2D eigenvalue weighted by Gasteiger charge is -2.35. The van der Waals surface area contributed by atoms with E-state index in [-0.39, 0.29) is 0 Å². The van der Waals surface area contributed by atoms with Gasteiger partial charge in [0.15, 0.2) is 5.96 Å². The fourth-order valence-corrected chi connectivity index (χ4v) is 4.69. The van der Waals surface area contributed by atoms with E-state index in [1.165, 1.54) is 24.0 Å². The molecule has 7 nitrogen and oxygen atoms in total. The Balaban J connectivity index is 1.39. The topological polar surface area (TPSA) is 69.2 Å². The molecule has 1 aromatic rings. The van der Waals surface area contributed by atoms with Gasteiger partial charge in [0, 0.05) is 51.7 Å². The number of guanidine groups is 1. The Morgan fingerprint density at radius 3 is 2.59 bits per heavy atom. The zero-order valence-corrected chi connectivity index (χ0v) is 20.2. The van der Waals surface area contributed by atoms with Gasteiger partial charge >= 0.3 is 0 Å². The Morgan fingerprint density at radius 1 is 1.16 bits per heavy atom. The van der Waals surface area contributed by atoms with E-state index in [9.17, 15) is 4.79 Å². The smallest absolute Gasteiger partial charge is 0.225 e. The number of hydrogen-bond acceptors (Lipinski definition) is 4. The second kappa shape index (κ2) is 12.7. The first-order chi connectivity index (χ1) is 15.6. The molecule has 0 unspecified atom stereocenters. The Kier molecular flexibility index (Phi) is 9.65. The van der Waals surface area contributed by atoms with Gasteiger partial charge in [0.05, 0.1) is 13.7 Å². The molecule has 1 heterocycles. The van der Waals surface area contributed by atoms with E-state index in [4.69, 9.17) is 9.73 Å². The van der Waals surface area contributed by atoms with E-state index in [0.29, 0.717) is 11.8 Å². The van der Waals surface area contributed by atoms with Crippen LogP contribution in [-0.2, 0) is 11.2 Å². The van der Waals surface area contributed by atoms with Gasteiger partial charge in [-0.2, -0.15) is 0 Å². The molecule has 1 saturated heterocycles. The minimum absolute atomic E-state index is 0.291. The predicted molar refractivity (Wildman–Crippen MR) is 130 cm³/mol. The van der Waals surface area contributed by atoms with Crippen molar-refractivity contribution in [3.8, 4) is 5.75 Å². The first-order valence-electron chi connectivity index (χ1n) is 12.3. The van der Waals surface area contributed by atoms with Gasteiger partial charge in [-0.15, -0.1) is 0 Å². The fraction of sp³-hybridized carbons (Fsp3) is 0.680. The summed E-state index contributed by atoms with van der Waals surface area (Å²) in [6.45, 7) is 11.1. The maximum Gasteiger partial charge on any atom is 0.225 e. The number of ether oxygens (including phenoxy) is 1. The van der Waals surface area contributed by atoms with Crippen molar-refractivity contribution < 1.29 is 9.53 Å². The predicted octanol–water partition coefficient (Wildman–Crippen LogP) is 2.44. The zero-order chi connectivity index (χ0) is 22.8. The second-order valence-electron chi connectivity index (χ2n) is 8.90. The molecule has 32 heavy (non-hydrogen) atoms. The summed E-state index contributed by atoms with van der Waals surface area (Å²) < 4.78 is 5.48. The van der Waals surface area contributed by atoms with Crippen molar-refractivity contribution in [2.45, 2.75) is 46.0 Å². The van der Waals surface area contributed by atoms with Crippen molar-refractivity contribution in [2.75, 3.05) is 59.5 Å². The lowest BCUT2D eigenvalue weighted by atomic mass is 10.1. The molecule has 0 bridgehead atoms. The number of hydrogen-bond donors (Lipinski definition) is 2.